The molecule has 2 aromatic carbocycles. The van der Waals surface area contributed by atoms with E-state index in [2.05, 4.69) is 15.3 Å². The highest BCUT2D eigenvalue weighted by atomic mass is 16.2. The molecule has 2 heterocycles. The van der Waals surface area contributed by atoms with Gasteiger partial charge in [-0.3, -0.25) is 0 Å². The highest BCUT2D eigenvalue weighted by Crippen LogP contribution is 2.27. The molecule has 5 nitrogen and oxygen atoms in total. The molecule has 0 spiro atoms. The first-order valence-corrected chi connectivity index (χ1v) is 7.35. The maximum atomic E-state index is 12.1. The maximum absolute atomic E-state index is 12.1. The molecule has 3 aromatic rings. The van der Waals surface area contributed by atoms with Crippen LogP contribution < -0.4 is 5.32 Å². The predicted molar refractivity (Wildman–Crippen MR) is 85.9 cm³/mol. The molecule has 1 aromatic heterocycles. The lowest BCUT2D eigenvalue weighted by molar-refractivity contribution is 0.161. The molecule has 22 heavy (non-hydrogen) atoms. The van der Waals surface area contributed by atoms with Crippen LogP contribution in [0.2, 0.25) is 0 Å². The Bertz CT molecular complexity index is 773. The van der Waals surface area contributed by atoms with Gasteiger partial charge in [-0.25, -0.2) is 9.78 Å². The van der Waals surface area contributed by atoms with E-state index in [-0.39, 0.29) is 11.9 Å². The summed E-state index contributed by atoms with van der Waals surface area (Å²) in [6, 6.07) is 17.4. The van der Waals surface area contributed by atoms with E-state index in [1.54, 1.807) is 4.90 Å². The number of imidazole rings is 1. The average Bonchev–Trinajstić information content (AvgIpc) is 2.90. The van der Waals surface area contributed by atoms with E-state index in [1.807, 2.05) is 54.6 Å². The summed E-state index contributed by atoms with van der Waals surface area (Å²) in [7, 11) is 0. The van der Waals surface area contributed by atoms with Gasteiger partial charge in [0.1, 0.15) is 5.82 Å². The van der Waals surface area contributed by atoms with Crippen molar-refractivity contribution in [3.05, 3.63) is 60.4 Å². The van der Waals surface area contributed by atoms with Crippen molar-refractivity contribution < 1.29 is 4.79 Å². The number of H-pyrrole nitrogens is 1. The second-order valence-electron chi connectivity index (χ2n) is 5.54. The van der Waals surface area contributed by atoms with Crippen molar-refractivity contribution >= 4 is 22.8 Å². The van der Waals surface area contributed by atoms with Gasteiger partial charge in [0.05, 0.1) is 17.0 Å². The SMILES string of the molecule is O=C(Nc1ccccc1)N1CC(c2nc3ccccc3[nH]2)C1. The van der Waals surface area contributed by atoms with Gasteiger partial charge in [0.25, 0.3) is 0 Å². The van der Waals surface area contributed by atoms with E-state index in [4.69, 9.17) is 0 Å². The van der Waals surface area contributed by atoms with Crippen LogP contribution in [0.1, 0.15) is 11.7 Å². The number of amides is 2. The van der Waals surface area contributed by atoms with Crippen LogP contribution in [0.5, 0.6) is 0 Å². The zero-order valence-corrected chi connectivity index (χ0v) is 12.0. The second-order valence-corrected chi connectivity index (χ2v) is 5.54. The highest BCUT2D eigenvalue weighted by Gasteiger charge is 2.33. The van der Waals surface area contributed by atoms with Gasteiger partial charge < -0.3 is 15.2 Å². The number of aromatic amines is 1. The Balaban J connectivity index is 1.40. The number of urea groups is 1. The minimum atomic E-state index is -0.0569. The maximum Gasteiger partial charge on any atom is 0.321 e. The molecule has 4 rings (SSSR count). The molecule has 5 heteroatoms. The van der Waals surface area contributed by atoms with Crippen molar-refractivity contribution in [2.45, 2.75) is 5.92 Å². The number of anilines is 1. The molecule has 2 amide bonds. The topological polar surface area (TPSA) is 61.0 Å². The first kappa shape index (κ1) is 12.9. The lowest BCUT2D eigenvalue weighted by atomic mass is 10.0. The summed E-state index contributed by atoms with van der Waals surface area (Å²) in [5.41, 5.74) is 2.84. The first-order chi connectivity index (χ1) is 10.8. The van der Waals surface area contributed by atoms with E-state index in [1.165, 1.54) is 0 Å². The van der Waals surface area contributed by atoms with Gasteiger partial charge in [-0.1, -0.05) is 30.3 Å². The van der Waals surface area contributed by atoms with E-state index in [0.29, 0.717) is 13.1 Å². The minimum absolute atomic E-state index is 0.0569. The van der Waals surface area contributed by atoms with Gasteiger partial charge in [0.15, 0.2) is 0 Å². The van der Waals surface area contributed by atoms with Crippen molar-refractivity contribution in [2.24, 2.45) is 0 Å². The summed E-state index contributed by atoms with van der Waals surface area (Å²) in [5.74, 6) is 1.25. The Labute approximate surface area is 128 Å². The molecule has 1 aliphatic rings. The van der Waals surface area contributed by atoms with Gasteiger partial charge in [0, 0.05) is 18.8 Å². The lowest BCUT2D eigenvalue weighted by Crippen LogP contribution is -2.50. The number of nitrogens with zero attached hydrogens (tertiary/aromatic N) is 2. The fraction of sp³-hybridized carbons (Fsp3) is 0.176. The zero-order chi connectivity index (χ0) is 14.9. The van der Waals surface area contributed by atoms with Crippen molar-refractivity contribution in [3.63, 3.8) is 0 Å². The fourth-order valence-corrected chi connectivity index (χ4v) is 2.71. The van der Waals surface area contributed by atoms with Crippen LogP contribution in [-0.4, -0.2) is 34.0 Å². The van der Waals surface area contributed by atoms with Crippen molar-refractivity contribution in [1.29, 1.82) is 0 Å². The predicted octanol–water partition coefficient (Wildman–Crippen LogP) is 3.19. The number of aromatic nitrogens is 2. The van der Waals surface area contributed by atoms with Crippen LogP contribution in [-0.2, 0) is 0 Å². The average molecular weight is 292 g/mol. The third-order valence-corrected chi connectivity index (χ3v) is 3.99. The van der Waals surface area contributed by atoms with Crippen molar-refractivity contribution in [3.8, 4) is 0 Å². The molecule has 1 aliphatic heterocycles. The van der Waals surface area contributed by atoms with E-state index >= 15 is 0 Å². The number of likely N-dealkylation sites (tertiary alicyclic amines) is 1. The van der Waals surface area contributed by atoms with E-state index in [9.17, 15) is 4.79 Å². The van der Waals surface area contributed by atoms with Crippen molar-refractivity contribution in [2.75, 3.05) is 18.4 Å². The molecule has 2 N–H and O–H groups in total. The molecule has 0 bridgehead atoms. The smallest absolute Gasteiger partial charge is 0.321 e. The fourth-order valence-electron chi connectivity index (χ4n) is 2.71. The van der Waals surface area contributed by atoms with E-state index < -0.39 is 0 Å². The summed E-state index contributed by atoms with van der Waals surface area (Å²) < 4.78 is 0. The van der Waals surface area contributed by atoms with Gasteiger partial charge in [-0.2, -0.15) is 0 Å². The lowest BCUT2D eigenvalue weighted by Gasteiger charge is -2.37. The number of carbonyl (C=O) groups is 1. The molecular weight excluding hydrogens is 276 g/mol. The molecule has 0 saturated carbocycles. The number of fused-ring (bicyclic) bond motifs is 1. The van der Waals surface area contributed by atoms with Crippen LogP contribution in [0.15, 0.2) is 54.6 Å². The summed E-state index contributed by atoms with van der Waals surface area (Å²) in [6.45, 7) is 1.39. The number of rotatable bonds is 2. The normalized spacial score (nSPS) is 14.8. The summed E-state index contributed by atoms with van der Waals surface area (Å²) in [5, 5.41) is 2.90. The second kappa shape index (κ2) is 5.18. The number of benzene rings is 2. The van der Waals surface area contributed by atoms with E-state index in [0.717, 1.165) is 22.5 Å². The molecule has 0 atom stereocenters. The standard InChI is InChI=1S/C17H16N4O/c22-17(18-13-6-2-1-3-7-13)21-10-12(11-21)16-19-14-8-4-5-9-15(14)20-16/h1-9,12H,10-11H2,(H,18,22)(H,19,20). The number of hydrogen-bond acceptors (Lipinski definition) is 2. The molecular formula is C17H16N4O. The first-order valence-electron chi connectivity index (χ1n) is 7.35. The quantitative estimate of drug-likeness (QED) is 0.762. The highest BCUT2D eigenvalue weighted by molar-refractivity contribution is 5.90. The number of carbonyl (C=O) groups excluding carboxylic acids is 1. The minimum Gasteiger partial charge on any atom is -0.342 e. The van der Waals surface area contributed by atoms with Crippen LogP contribution in [0.25, 0.3) is 11.0 Å². The van der Waals surface area contributed by atoms with Crippen LogP contribution in [0.3, 0.4) is 0 Å². The largest absolute Gasteiger partial charge is 0.342 e. The number of hydrogen-bond donors (Lipinski definition) is 2. The van der Waals surface area contributed by atoms with Gasteiger partial charge in [-0.15, -0.1) is 0 Å². The Morgan fingerprint density at radius 3 is 2.59 bits per heavy atom. The third-order valence-electron chi connectivity index (χ3n) is 3.99. The number of nitrogens with one attached hydrogen (secondary N) is 2. The monoisotopic (exact) mass is 292 g/mol. The third kappa shape index (κ3) is 2.30. The zero-order valence-electron chi connectivity index (χ0n) is 12.0. The van der Waals surface area contributed by atoms with Gasteiger partial charge in [0.2, 0.25) is 0 Å². The molecule has 0 radical (unpaired) electrons. The van der Waals surface area contributed by atoms with Crippen LogP contribution in [0, 0.1) is 0 Å². The molecule has 0 unspecified atom stereocenters. The summed E-state index contributed by atoms with van der Waals surface area (Å²) >= 11 is 0. The Morgan fingerprint density at radius 2 is 1.82 bits per heavy atom. The summed E-state index contributed by atoms with van der Waals surface area (Å²) in [4.78, 5) is 21.9. The Hall–Kier alpha value is -2.82. The molecule has 110 valence electrons. The molecule has 1 saturated heterocycles. The molecule has 0 aliphatic carbocycles. The Kier molecular flexibility index (Phi) is 3.04. The van der Waals surface area contributed by atoms with Crippen LogP contribution >= 0.6 is 0 Å². The molecule has 1 fully saturated rings. The van der Waals surface area contributed by atoms with Gasteiger partial charge in [-0.05, 0) is 24.3 Å². The Morgan fingerprint density at radius 1 is 1.09 bits per heavy atom. The van der Waals surface area contributed by atoms with Crippen molar-refractivity contribution in [1.82, 2.24) is 14.9 Å². The van der Waals surface area contributed by atoms with Crippen LogP contribution in [0.4, 0.5) is 10.5 Å². The van der Waals surface area contributed by atoms with Gasteiger partial charge >= 0.3 is 6.03 Å². The number of para-hydroxylation sites is 3. The summed E-state index contributed by atoms with van der Waals surface area (Å²) in [6.07, 6.45) is 0.